The first kappa shape index (κ1) is 25.8. The van der Waals surface area contributed by atoms with E-state index in [9.17, 15) is 13.2 Å². The summed E-state index contributed by atoms with van der Waals surface area (Å²) in [7, 11) is 1.79. The van der Waals surface area contributed by atoms with Crippen molar-refractivity contribution >= 4 is 35.6 Å². The van der Waals surface area contributed by atoms with Crippen molar-refractivity contribution in [3.63, 3.8) is 0 Å². The second-order valence-electron chi connectivity index (χ2n) is 7.87. The predicted octanol–water partition coefficient (Wildman–Crippen LogP) is 4.11. The van der Waals surface area contributed by atoms with Crippen LogP contribution in [0.5, 0.6) is 0 Å². The van der Waals surface area contributed by atoms with Gasteiger partial charge in [-0.05, 0) is 50.4 Å². The Morgan fingerprint density at radius 2 is 1.81 bits per heavy atom. The highest BCUT2D eigenvalue weighted by molar-refractivity contribution is 14.0. The molecule has 1 aliphatic carbocycles. The highest BCUT2D eigenvalue weighted by atomic mass is 127. The van der Waals surface area contributed by atoms with Crippen LogP contribution >= 0.6 is 24.0 Å². The first-order valence-corrected chi connectivity index (χ1v) is 10.7. The molecule has 2 N–H and O–H groups in total. The SMILES string of the molecule is CN=C(NCCCCN1CCN(c2cccc(C(F)(F)F)c2)CC1)NC1CC=CC1.I. The number of rotatable bonds is 7. The number of guanidine groups is 1. The van der Waals surface area contributed by atoms with Crippen molar-refractivity contribution < 1.29 is 13.2 Å². The zero-order valence-corrected chi connectivity index (χ0v) is 20.3. The molecule has 2 aliphatic rings. The smallest absolute Gasteiger partial charge is 0.369 e. The topological polar surface area (TPSA) is 42.9 Å². The summed E-state index contributed by atoms with van der Waals surface area (Å²) in [4.78, 5) is 8.71. The number of hydrogen-bond acceptors (Lipinski definition) is 3. The van der Waals surface area contributed by atoms with Crippen LogP contribution in [0.2, 0.25) is 0 Å². The van der Waals surface area contributed by atoms with Crippen LogP contribution in [0.4, 0.5) is 18.9 Å². The first-order chi connectivity index (χ1) is 14.5. The number of aliphatic imine (C=N–C) groups is 1. The van der Waals surface area contributed by atoms with Gasteiger partial charge in [-0.25, -0.2) is 0 Å². The first-order valence-electron chi connectivity index (χ1n) is 10.7. The minimum atomic E-state index is -4.29. The van der Waals surface area contributed by atoms with Gasteiger partial charge in [0.1, 0.15) is 0 Å². The van der Waals surface area contributed by atoms with Crippen molar-refractivity contribution in [2.75, 3.05) is 51.2 Å². The van der Waals surface area contributed by atoms with Gasteiger partial charge in [-0.2, -0.15) is 13.2 Å². The minimum Gasteiger partial charge on any atom is -0.369 e. The summed E-state index contributed by atoms with van der Waals surface area (Å²) in [6.45, 7) is 5.15. The van der Waals surface area contributed by atoms with E-state index in [-0.39, 0.29) is 24.0 Å². The Hall–Kier alpha value is -1.49. The van der Waals surface area contributed by atoms with Gasteiger partial charge in [-0.1, -0.05) is 18.2 Å². The van der Waals surface area contributed by atoms with Crippen molar-refractivity contribution in [3.8, 4) is 0 Å². The Morgan fingerprint density at radius 3 is 2.45 bits per heavy atom. The highest BCUT2D eigenvalue weighted by Crippen LogP contribution is 2.31. The van der Waals surface area contributed by atoms with E-state index in [4.69, 9.17) is 0 Å². The van der Waals surface area contributed by atoms with Gasteiger partial charge in [0, 0.05) is 51.5 Å². The number of nitrogens with zero attached hydrogens (tertiary/aromatic N) is 3. The van der Waals surface area contributed by atoms with Gasteiger partial charge in [0.25, 0.3) is 0 Å². The maximum atomic E-state index is 12.9. The number of anilines is 1. The summed E-state index contributed by atoms with van der Waals surface area (Å²) in [5.74, 6) is 0.860. The molecular weight excluding hydrogens is 518 g/mol. The van der Waals surface area contributed by atoms with Crippen LogP contribution in [0.1, 0.15) is 31.2 Å². The van der Waals surface area contributed by atoms with E-state index >= 15 is 0 Å². The molecule has 31 heavy (non-hydrogen) atoms. The Balaban J connectivity index is 0.00000341. The molecule has 1 saturated heterocycles. The van der Waals surface area contributed by atoms with E-state index in [0.29, 0.717) is 11.7 Å². The number of halogens is 4. The normalized spacial score (nSPS) is 18.2. The summed E-state index contributed by atoms with van der Waals surface area (Å²) < 4.78 is 38.8. The fourth-order valence-corrected chi connectivity index (χ4v) is 3.90. The summed E-state index contributed by atoms with van der Waals surface area (Å²) in [6.07, 6.45) is 4.32. The number of piperazine rings is 1. The maximum absolute atomic E-state index is 12.9. The molecule has 0 saturated carbocycles. The fraction of sp³-hybridized carbons (Fsp3) is 0.591. The molecular formula is C22H33F3IN5. The lowest BCUT2D eigenvalue weighted by molar-refractivity contribution is -0.137. The van der Waals surface area contributed by atoms with Crippen LogP contribution in [0.3, 0.4) is 0 Å². The number of hydrogen-bond donors (Lipinski definition) is 2. The molecule has 3 rings (SSSR count). The molecule has 1 fully saturated rings. The van der Waals surface area contributed by atoms with Gasteiger partial charge in [-0.3, -0.25) is 9.89 Å². The van der Waals surface area contributed by atoms with Crippen LogP contribution < -0.4 is 15.5 Å². The van der Waals surface area contributed by atoms with E-state index in [1.54, 1.807) is 13.1 Å². The third kappa shape index (κ3) is 8.17. The lowest BCUT2D eigenvalue weighted by Gasteiger charge is -2.36. The van der Waals surface area contributed by atoms with Crippen molar-refractivity contribution in [1.82, 2.24) is 15.5 Å². The van der Waals surface area contributed by atoms with E-state index in [2.05, 4.69) is 32.7 Å². The average Bonchev–Trinajstić information content (AvgIpc) is 3.26. The van der Waals surface area contributed by atoms with E-state index in [0.717, 1.165) is 77.0 Å². The average molecular weight is 551 g/mol. The molecule has 1 aliphatic heterocycles. The zero-order valence-electron chi connectivity index (χ0n) is 18.0. The molecule has 0 bridgehead atoms. The van der Waals surface area contributed by atoms with Crippen molar-refractivity contribution in [2.45, 2.75) is 37.9 Å². The molecule has 0 amide bonds. The second kappa shape index (κ2) is 12.5. The number of benzene rings is 1. The second-order valence-corrected chi connectivity index (χ2v) is 7.87. The number of nitrogens with one attached hydrogen (secondary N) is 2. The zero-order chi connectivity index (χ0) is 21.4. The van der Waals surface area contributed by atoms with Crippen molar-refractivity contribution in [3.05, 3.63) is 42.0 Å². The third-order valence-electron chi connectivity index (χ3n) is 5.68. The number of unbranched alkanes of at least 4 members (excludes halogenated alkanes) is 1. The fourth-order valence-electron chi connectivity index (χ4n) is 3.90. The summed E-state index contributed by atoms with van der Waals surface area (Å²) >= 11 is 0. The van der Waals surface area contributed by atoms with Crippen LogP contribution in [0.25, 0.3) is 0 Å². The Kier molecular flexibility index (Phi) is 10.4. The molecule has 9 heteroatoms. The molecule has 1 aromatic rings. The van der Waals surface area contributed by atoms with Gasteiger partial charge in [0.05, 0.1) is 5.56 Å². The van der Waals surface area contributed by atoms with E-state index in [1.807, 2.05) is 4.90 Å². The Morgan fingerprint density at radius 1 is 1.10 bits per heavy atom. The summed E-state index contributed by atoms with van der Waals surface area (Å²) in [6, 6.07) is 6.08. The maximum Gasteiger partial charge on any atom is 0.416 e. The van der Waals surface area contributed by atoms with Crippen LogP contribution in [-0.2, 0) is 6.18 Å². The molecule has 0 atom stereocenters. The minimum absolute atomic E-state index is 0. The van der Waals surface area contributed by atoms with Gasteiger partial charge in [0.15, 0.2) is 5.96 Å². The predicted molar refractivity (Wildman–Crippen MR) is 131 cm³/mol. The van der Waals surface area contributed by atoms with E-state index in [1.165, 1.54) is 12.1 Å². The third-order valence-corrected chi connectivity index (χ3v) is 5.68. The monoisotopic (exact) mass is 551 g/mol. The molecule has 0 spiro atoms. The molecule has 1 aromatic carbocycles. The van der Waals surface area contributed by atoms with Crippen molar-refractivity contribution in [2.24, 2.45) is 4.99 Å². The summed E-state index contributed by atoms with van der Waals surface area (Å²) in [5, 5.41) is 6.80. The molecule has 0 unspecified atom stereocenters. The Labute approximate surface area is 200 Å². The van der Waals surface area contributed by atoms with Gasteiger partial charge < -0.3 is 15.5 Å². The molecule has 0 aromatic heterocycles. The lowest BCUT2D eigenvalue weighted by Crippen LogP contribution is -2.46. The van der Waals surface area contributed by atoms with Crippen molar-refractivity contribution in [1.29, 1.82) is 0 Å². The largest absolute Gasteiger partial charge is 0.416 e. The van der Waals surface area contributed by atoms with Crippen LogP contribution in [-0.4, -0.2) is 63.2 Å². The summed E-state index contributed by atoms with van der Waals surface area (Å²) in [5.41, 5.74) is 0.0774. The van der Waals surface area contributed by atoms with Gasteiger partial charge in [-0.15, -0.1) is 24.0 Å². The van der Waals surface area contributed by atoms with Crippen LogP contribution in [0.15, 0.2) is 41.4 Å². The quantitative estimate of drug-likeness (QED) is 0.176. The highest BCUT2D eigenvalue weighted by Gasteiger charge is 2.31. The molecule has 5 nitrogen and oxygen atoms in total. The van der Waals surface area contributed by atoms with Gasteiger partial charge >= 0.3 is 6.18 Å². The lowest BCUT2D eigenvalue weighted by atomic mass is 10.1. The molecule has 174 valence electrons. The van der Waals surface area contributed by atoms with E-state index < -0.39 is 11.7 Å². The molecule has 0 radical (unpaired) electrons. The number of alkyl halides is 3. The van der Waals surface area contributed by atoms with Gasteiger partial charge in [0.2, 0.25) is 0 Å². The molecule has 1 heterocycles. The standard InChI is InChI=1S/C22H32F3N5.HI/c1-26-21(28-19-8-2-3-9-19)27-11-4-5-12-29-13-15-30(16-14-29)20-10-6-7-18(17-20)22(23,24)25;/h2-3,6-7,10,17,19H,4-5,8-9,11-16H2,1H3,(H2,26,27,28);1H. The Bertz CT molecular complexity index is 722. The van der Waals surface area contributed by atoms with Crippen LogP contribution in [0, 0.1) is 0 Å².